The lowest BCUT2D eigenvalue weighted by Gasteiger charge is -2.10. The molecule has 6 nitrogen and oxygen atoms in total. The molecule has 1 aromatic carbocycles. The van der Waals surface area contributed by atoms with E-state index in [1.54, 1.807) is 12.3 Å². The second-order valence-electron chi connectivity index (χ2n) is 4.27. The van der Waals surface area contributed by atoms with Crippen LogP contribution in [0.5, 0.6) is 0 Å². The Labute approximate surface area is 121 Å². The minimum absolute atomic E-state index is 0.111. The highest BCUT2D eigenvalue weighted by Gasteiger charge is 2.11. The van der Waals surface area contributed by atoms with E-state index >= 15 is 0 Å². The lowest BCUT2D eigenvalue weighted by molar-refractivity contribution is 0.621. The molecule has 3 rings (SSSR count). The van der Waals surface area contributed by atoms with Crippen LogP contribution in [0.15, 0.2) is 22.8 Å². The number of nitrogens with zero attached hydrogens (tertiary/aromatic N) is 3. The number of aromatic amines is 1. The van der Waals surface area contributed by atoms with E-state index in [1.807, 2.05) is 6.92 Å². The fraction of sp³-hybridized carbons (Fsp3) is 0.0833. The molecule has 0 bridgehead atoms. The summed E-state index contributed by atoms with van der Waals surface area (Å²) in [4.78, 5) is 8.14. The Morgan fingerprint density at radius 1 is 1.35 bits per heavy atom. The molecule has 8 heteroatoms. The van der Waals surface area contributed by atoms with Crippen LogP contribution in [0.3, 0.4) is 0 Å². The van der Waals surface area contributed by atoms with Gasteiger partial charge in [-0.1, -0.05) is 0 Å². The van der Waals surface area contributed by atoms with E-state index in [2.05, 4.69) is 41.4 Å². The maximum atomic E-state index is 13.6. The van der Waals surface area contributed by atoms with E-state index in [0.29, 0.717) is 27.0 Å². The van der Waals surface area contributed by atoms with Crippen molar-refractivity contribution >= 4 is 44.4 Å². The first-order chi connectivity index (χ1) is 9.54. The number of aryl methyl sites for hydroxylation is 1. The third kappa shape index (κ3) is 2.18. The van der Waals surface area contributed by atoms with Crippen molar-refractivity contribution in [3.63, 3.8) is 0 Å². The first kappa shape index (κ1) is 12.8. The molecule has 0 aliphatic rings. The van der Waals surface area contributed by atoms with Crippen molar-refractivity contribution in [2.75, 3.05) is 11.1 Å². The van der Waals surface area contributed by atoms with Crippen LogP contribution in [-0.2, 0) is 0 Å². The fourth-order valence-corrected chi connectivity index (χ4v) is 2.31. The van der Waals surface area contributed by atoms with Gasteiger partial charge >= 0.3 is 0 Å². The molecule has 0 saturated heterocycles. The average Bonchev–Trinajstić information content (AvgIpc) is 2.84. The molecule has 0 saturated carbocycles. The number of hydrogen-bond donors (Lipinski definition) is 3. The van der Waals surface area contributed by atoms with Gasteiger partial charge in [0, 0.05) is 5.69 Å². The van der Waals surface area contributed by atoms with Crippen LogP contribution in [0, 0.1) is 12.7 Å². The second-order valence-corrected chi connectivity index (χ2v) is 5.12. The number of anilines is 3. The predicted octanol–water partition coefficient (Wildman–Crippen LogP) is 2.89. The standard InChI is InChI=1S/C12H10BrFN6/c1-5-2-7(13)8(14)3-9(5)17-10-6-4-16-20-11(6)19-12(15)18-10/h2-4H,1H3,(H4,15,16,17,18,19,20). The third-order valence-electron chi connectivity index (χ3n) is 2.85. The maximum Gasteiger partial charge on any atom is 0.224 e. The molecule has 2 aromatic heterocycles. The monoisotopic (exact) mass is 336 g/mol. The summed E-state index contributed by atoms with van der Waals surface area (Å²) in [6.45, 7) is 1.86. The summed E-state index contributed by atoms with van der Waals surface area (Å²) in [6, 6.07) is 3.08. The Morgan fingerprint density at radius 2 is 2.15 bits per heavy atom. The predicted molar refractivity (Wildman–Crippen MR) is 78.2 cm³/mol. The first-order valence-corrected chi connectivity index (χ1v) is 6.53. The highest BCUT2D eigenvalue weighted by Crippen LogP contribution is 2.28. The van der Waals surface area contributed by atoms with Gasteiger partial charge in [-0.15, -0.1) is 0 Å². The van der Waals surface area contributed by atoms with E-state index in [1.165, 1.54) is 6.07 Å². The normalized spacial score (nSPS) is 10.9. The van der Waals surface area contributed by atoms with Crippen molar-refractivity contribution in [3.8, 4) is 0 Å². The Balaban J connectivity index is 2.09. The molecule has 0 fully saturated rings. The Bertz CT molecular complexity index is 800. The van der Waals surface area contributed by atoms with Gasteiger partial charge in [-0.25, -0.2) is 4.39 Å². The van der Waals surface area contributed by atoms with Gasteiger partial charge in [0.15, 0.2) is 5.65 Å². The van der Waals surface area contributed by atoms with Crippen LogP contribution in [0.2, 0.25) is 0 Å². The summed E-state index contributed by atoms with van der Waals surface area (Å²) in [6.07, 6.45) is 1.58. The number of nitrogen functional groups attached to an aromatic ring is 1. The van der Waals surface area contributed by atoms with Crippen molar-refractivity contribution in [1.29, 1.82) is 0 Å². The number of benzene rings is 1. The van der Waals surface area contributed by atoms with Gasteiger partial charge in [-0.2, -0.15) is 15.1 Å². The Hall–Kier alpha value is -2.22. The quantitative estimate of drug-likeness (QED) is 0.669. The van der Waals surface area contributed by atoms with Gasteiger partial charge in [-0.05, 0) is 40.5 Å². The summed E-state index contributed by atoms with van der Waals surface area (Å²) in [5.41, 5.74) is 7.63. The van der Waals surface area contributed by atoms with E-state index in [-0.39, 0.29) is 11.8 Å². The lowest BCUT2D eigenvalue weighted by atomic mass is 10.2. The van der Waals surface area contributed by atoms with Crippen LogP contribution in [0.4, 0.5) is 21.8 Å². The van der Waals surface area contributed by atoms with Crippen molar-refractivity contribution in [2.45, 2.75) is 6.92 Å². The SMILES string of the molecule is Cc1cc(Br)c(F)cc1Nc1nc(N)nc2[nH]ncc12. The van der Waals surface area contributed by atoms with Gasteiger partial charge in [0.05, 0.1) is 16.1 Å². The summed E-state index contributed by atoms with van der Waals surface area (Å²) in [7, 11) is 0. The number of hydrogen-bond acceptors (Lipinski definition) is 5. The highest BCUT2D eigenvalue weighted by atomic mass is 79.9. The van der Waals surface area contributed by atoms with Crippen molar-refractivity contribution in [3.05, 3.63) is 34.2 Å². The molecule has 0 unspecified atom stereocenters. The molecule has 0 aliphatic heterocycles. The van der Waals surface area contributed by atoms with E-state index in [4.69, 9.17) is 5.73 Å². The van der Waals surface area contributed by atoms with Gasteiger partial charge in [0.25, 0.3) is 0 Å². The van der Waals surface area contributed by atoms with Gasteiger partial charge < -0.3 is 11.1 Å². The second kappa shape index (κ2) is 4.71. The molecule has 0 atom stereocenters. The number of nitrogens with one attached hydrogen (secondary N) is 2. The zero-order valence-electron chi connectivity index (χ0n) is 10.4. The number of halogens is 2. The molecular weight excluding hydrogens is 327 g/mol. The minimum Gasteiger partial charge on any atom is -0.368 e. The van der Waals surface area contributed by atoms with Crippen LogP contribution in [0.25, 0.3) is 11.0 Å². The maximum absolute atomic E-state index is 13.6. The van der Waals surface area contributed by atoms with Crippen molar-refractivity contribution < 1.29 is 4.39 Å². The van der Waals surface area contributed by atoms with Crippen molar-refractivity contribution in [2.24, 2.45) is 0 Å². The number of fused-ring (bicyclic) bond motifs is 1. The van der Waals surface area contributed by atoms with Crippen LogP contribution in [0.1, 0.15) is 5.56 Å². The van der Waals surface area contributed by atoms with Gasteiger partial charge in [0.1, 0.15) is 11.6 Å². The number of rotatable bonds is 2. The Kier molecular flexibility index (Phi) is 3.01. The van der Waals surface area contributed by atoms with Gasteiger partial charge in [0.2, 0.25) is 5.95 Å². The van der Waals surface area contributed by atoms with Crippen molar-refractivity contribution in [1.82, 2.24) is 20.2 Å². The summed E-state index contributed by atoms with van der Waals surface area (Å²) in [5, 5.41) is 10.4. The molecule has 0 aliphatic carbocycles. The molecule has 0 radical (unpaired) electrons. The molecule has 4 N–H and O–H groups in total. The average molecular weight is 337 g/mol. The largest absolute Gasteiger partial charge is 0.368 e. The third-order valence-corrected chi connectivity index (χ3v) is 3.46. The van der Waals surface area contributed by atoms with E-state index < -0.39 is 0 Å². The smallest absolute Gasteiger partial charge is 0.224 e. The molecule has 2 heterocycles. The number of nitrogens with two attached hydrogens (primary N) is 1. The lowest BCUT2D eigenvalue weighted by Crippen LogP contribution is -2.02. The molecule has 0 amide bonds. The minimum atomic E-state index is -0.358. The molecular formula is C12H10BrFN6. The van der Waals surface area contributed by atoms with Gasteiger partial charge in [-0.3, -0.25) is 5.10 Å². The summed E-state index contributed by atoms with van der Waals surface area (Å²) < 4.78 is 14.0. The van der Waals surface area contributed by atoms with E-state index in [0.717, 1.165) is 5.56 Å². The first-order valence-electron chi connectivity index (χ1n) is 5.74. The van der Waals surface area contributed by atoms with E-state index in [9.17, 15) is 4.39 Å². The number of H-pyrrole nitrogens is 1. The highest BCUT2D eigenvalue weighted by molar-refractivity contribution is 9.10. The van der Waals surface area contributed by atoms with Crippen LogP contribution < -0.4 is 11.1 Å². The Morgan fingerprint density at radius 3 is 2.95 bits per heavy atom. The zero-order valence-corrected chi connectivity index (χ0v) is 12.0. The van der Waals surface area contributed by atoms with Crippen LogP contribution >= 0.6 is 15.9 Å². The molecule has 0 spiro atoms. The molecule has 20 heavy (non-hydrogen) atoms. The topological polar surface area (TPSA) is 92.5 Å². The molecule has 102 valence electrons. The molecule has 3 aromatic rings. The number of aromatic nitrogens is 4. The van der Waals surface area contributed by atoms with Crippen LogP contribution in [-0.4, -0.2) is 20.2 Å². The summed E-state index contributed by atoms with van der Waals surface area (Å²) in [5.74, 6) is 0.231. The zero-order chi connectivity index (χ0) is 14.3. The summed E-state index contributed by atoms with van der Waals surface area (Å²) >= 11 is 3.15. The fourth-order valence-electron chi connectivity index (χ4n) is 1.86.